The number of carbonyl (C=O) groups is 1. The van der Waals surface area contributed by atoms with Crippen molar-refractivity contribution in [2.24, 2.45) is 0 Å². The van der Waals surface area contributed by atoms with E-state index in [9.17, 15) is 26.4 Å². The van der Waals surface area contributed by atoms with Crippen LogP contribution in [0.2, 0.25) is 0 Å². The van der Waals surface area contributed by atoms with Crippen molar-refractivity contribution in [3.05, 3.63) is 29.8 Å². The van der Waals surface area contributed by atoms with Gasteiger partial charge in [0.15, 0.2) is 9.84 Å². The Hall–Kier alpha value is -2.08. The number of anilines is 1. The smallest absolute Gasteiger partial charge is 0.325 e. The van der Waals surface area contributed by atoms with Crippen LogP contribution in [-0.2, 0) is 20.8 Å². The first-order chi connectivity index (χ1) is 9.65. The van der Waals surface area contributed by atoms with Crippen LogP contribution in [0.4, 0.5) is 18.9 Å². The topological polar surface area (TPSA) is 87.0 Å². The molecule has 0 aliphatic carbocycles. The van der Waals surface area contributed by atoms with Crippen molar-refractivity contribution in [2.75, 3.05) is 16.8 Å². The highest BCUT2D eigenvalue weighted by molar-refractivity contribution is 7.92. The summed E-state index contributed by atoms with van der Waals surface area (Å²) < 4.78 is 61.0. The third-order valence-electron chi connectivity index (χ3n) is 2.38. The lowest BCUT2D eigenvalue weighted by atomic mass is 10.1. The number of hydrogen-bond donors (Lipinski definition) is 1. The molecule has 0 spiro atoms. The fraction of sp³-hybridized carbons (Fsp3) is 0.333. The maximum atomic E-state index is 12.7. The molecular formula is C12H11F3N2O3S. The molecule has 0 atom stereocenters. The maximum absolute atomic E-state index is 12.7. The van der Waals surface area contributed by atoms with E-state index in [1.165, 1.54) is 6.07 Å². The van der Waals surface area contributed by atoms with Crippen LogP contribution in [0.3, 0.4) is 0 Å². The van der Waals surface area contributed by atoms with Gasteiger partial charge in [-0.05, 0) is 12.1 Å². The first kappa shape index (κ1) is 17.0. The molecule has 0 aliphatic heterocycles. The molecule has 0 radical (unpaired) electrons. The predicted octanol–water partition coefficient (Wildman–Crippen LogP) is 1.97. The quantitative estimate of drug-likeness (QED) is 0.898. The lowest BCUT2D eigenvalue weighted by molar-refractivity contribution is -0.137. The van der Waals surface area contributed by atoms with Crippen LogP contribution in [0.25, 0.3) is 0 Å². The van der Waals surface area contributed by atoms with E-state index < -0.39 is 44.7 Å². The van der Waals surface area contributed by atoms with Gasteiger partial charge in [-0.25, -0.2) is 8.42 Å². The van der Waals surface area contributed by atoms with E-state index in [0.29, 0.717) is 0 Å². The molecule has 1 aromatic rings. The molecule has 0 saturated carbocycles. The third kappa shape index (κ3) is 5.43. The fourth-order valence-electron chi connectivity index (χ4n) is 1.50. The lowest BCUT2D eigenvalue weighted by Crippen LogP contribution is -2.25. The average Bonchev–Trinajstić information content (AvgIpc) is 2.35. The SMILES string of the molecule is N#CCCS(=O)(=O)CC(=O)Nc1ccccc1C(F)(F)F. The zero-order valence-electron chi connectivity index (χ0n) is 10.6. The molecule has 1 N–H and O–H groups in total. The number of nitrogens with zero attached hydrogens (tertiary/aromatic N) is 1. The van der Waals surface area contributed by atoms with Crippen LogP contribution in [-0.4, -0.2) is 25.8 Å². The Labute approximate surface area is 119 Å². The Morgan fingerprint density at radius 1 is 1.29 bits per heavy atom. The summed E-state index contributed by atoms with van der Waals surface area (Å²) in [5.74, 6) is -2.57. The second-order valence-electron chi connectivity index (χ2n) is 4.09. The van der Waals surface area contributed by atoms with E-state index in [1.54, 1.807) is 6.07 Å². The van der Waals surface area contributed by atoms with Gasteiger partial charge in [0.25, 0.3) is 0 Å². The number of nitrogens with one attached hydrogen (secondary N) is 1. The van der Waals surface area contributed by atoms with Crippen molar-refractivity contribution in [1.29, 1.82) is 5.26 Å². The first-order valence-electron chi connectivity index (χ1n) is 5.69. The molecule has 0 unspecified atom stereocenters. The van der Waals surface area contributed by atoms with E-state index in [-0.39, 0.29) is 6.42 Å². The highest BCUT2D eigenvalue weighted by atomic mass is 32.2. The minimum Gasteiger partial charge on any atom is -0.325 e. The average molecular weight is 320 g/mol. The summed E-state index contributed by atoms with van der Waals surface area (Å²) >= 11 is 0. The summed E-state index contributed by atoms with van der Waals surface area (Å²) in [6.45, 7) is 0. The third-order valence-corrected chi connectivity index (χ3v) is 3.91. The van der Waals surface area contributed by atoms with Crippen molar-refractivity contribution in [2.45, 2.75) is 12.6 Å². The van der Waals surface area contributed by atoms with Gasteiger partial charge in [0, 0.05) is 6.42 Å². The summed E-state index contributed by atoms with van der Waals surface area (Å²) in [5.41, 5.74) is -1.57. The van der Waals surface area contributed by atoms with Crippen molar-refractivity contribution in [3.63, 3.8) is 0 Å². The zero-order valence-corrected chi connectivity index (χ0v) is 11.5. The Bertz CT molecular complexity index is 663. The van der Waals surface area contributed by atoms with Gasteiger partial charge in [0.2, 0.25) is 5.91 Å². The number of carbonyl (C=O) groups excluding carboxylic acids is 1. The number of halogens is 3. The van der Waals surface area contributed by atoms with Gasteiger partial charge in [-0.1, -0.05) is 12.1 Å². The maximum Gasteiger partial charge on any atom is 0.418 e. The van der Waals surface area contributed by atoms with E-state index in [1.807, 2.05) is 5.32 Å². The highest BCUT2D eigenvalue weighted by Gasteiger charge is 2.33. The molecule has 5 nitrogen and oxygen atoms in total. The number of rotatable bonds is 5. The van der Waals surface area contributed by atoms with E-state index in [0.717, 1.165) is 18.2 Å². The molecule has 0 aliphatic rings. The van der Waals surface area contributed by atoms with Crippen LogP contribution >= 0.6 is 0 Å². The molecule has 1 rings (SSSR count). The van der Waals surface area contributed by atoms with E-state index >= 15 is 0 Å². The molecule has 0 heterocycles. The molecule has 0 bridgehead atoms. The van der Waals surface area contributed by atoms with Gasteiger partial charge in [0.1, 0.15) is 5.75 Å². The van der Waals surface area contributed by atoms with Crippen LogP contribution < -0.4 is 5.32 Å². The first-order valence-corrected chi connectivity index (χ1v) is 7.51. The standard InChI is InChI=1S/C12H11F3N2O3S/c13-12(14,15)9-4-1-2-5-10(9)17-11(18)8-21(19,20)7-3-6-16/h1-2,4-5H,3,7-8H2,(H,17,18). The molecule has 1 aromatic carbocycles. The normalized spacial score (nSPS) is 11.7. The largest absolute Gasteiger partial charge is 0.418 e. The van der Waals surface area contributed by atoms with Gasteiger partial charge in [-0.15, -0.1) is 0 Å². The molecular weight excluding hydrogens is 309 g/mol. The molecule has 114 valence electrons. The summed E-state index contributed by atoms with van der Waals surface area (Å²) in [7, 11) is -3.83. The summed E-state index contributed by atoms with van der Waals surface area (Å²) in [5, 5.41) is 10.2. The number of hydrogen-bond acceptors (Lipinski definition) is 4. The summed E-state index contributed by atoms with van der Waals surface area (Å²) in [4.78, 5) is 11.5. The number of benzene rings is 1. The monoisotopic (exact) mass is 320 g/mol. The van der Waals surface area contributed by atoms with Crippen molar-refractivity contribution >= 4 is 21.4 Å². The van der Waals surface area contributed by atoms with Crippen molar-refractivity contribution in [3.8, 4) is 6.07 Å². The Kier molecular flexibility index (Phi) is 5.32. The summed E-state index contributed by atoms with van der Waals surface area (Å²) in [6.07, 6.45) is -4.95. The van der Waals surface area contributed by atoms with Gasteiger partial charge in [-0.3, -0.25) is 4.79 Å². The second-order valence-corrected chi connectivity index (χ2v) is 6.28. The minimum atomic E-state index is -4.66. The Morgan fingerprint density at radius 3 is 2.48 bits per heavy atom. The van der Waals surface area contributed by atoms with Crippen molar-refractivity contribution in [1.82, 2.24) is 0 Å². The molecule has 21 heavy (non-hydrogen) atoms. The number of para-hydroxylation sites is 1. The van der Waals surface area contributed by atoms with Crippen LogP contribution in [0, 0.1) is 11.3 Å². The minimum absolute atomic E-state index is 0.283. The van der Waals surface area contributed by atoms with Gasteiger partial charge in [0.05, 0.1) is 23.1 Å². The highest BCUT2D eigenvalue weighted by Crippen LogP contribution is 2.34. The molecule has 0 saturated heterocycles. The zero-order chi connectivity index (χ0) is 16.1. The van der Waals surface area contributed by atoms with Crippen LogP contribution in [0.5, 0.6) is 0 Å². The molecule has 0 aromatic heterocycles. The van der Waals surface area contributed by atoms with Crippen LogP contribution in [0.1, 0.15) is 12.0 Å². The fourth-order valence-corrected chi connectivity index (χ4v) is 2.52. The van der Waals surface area contributed by atoms with E-state index in [2.05, 4.69) is 0 Å². The predicted molar refractivity (Wildman–Crippen MR) is 69.0 cm³/mol. The summed E-state index contributed by atoms with van der Waals surface area (Å²) in [6, 6.07) is 5.87. The number of nitriles is 1. The molecule has 9 heteroatoms. The van der Waals surface area contributed by atoms with Gasteiger partial charge >= 0.3 is 6.18 Å². The molecule has 1 amide bonds. The van der Waals surface area contributed by atoms with Crippen LogP contribution in [0.15, 0.2) is 24.3 Å². The Morgan fingerprint density at radius 2 is 1.90 bits per heavy atom. The van der Waals surface area contributed by atoms with E-state index in [4.69, 9.17) is 5.26 Å². The second kappa shape index (κ2) is 6.58. The Balaban J connectivity index is 2.84. The van der Waals surface area contributed by atoms with Gasteiger partial charge < -0.3 is 5.32 Å². The number of sulfone groups is 1. The number of alkyl halides is 3. The number of amides is 1. The van der Waals surface area contributed by atoms with Gasteiger partial charge in [-0.2, -0.15) is 18.4 Å². The lowest BCUT2D eigenvalue weighted by Gasteiger charge is -2.13. The molecule has 0 fully saturated rings. The van der Waals surface area contributed by atoms with Crippen molar-refractivity contribution < 1.29 is 26.4 Å².